The van der Waals surface area contributed by atoms with E-state index >= 15 is 0 Å². The summed E-state index contributed by atoms with van der Waals surface area (Å²) in [5.41, 5.74) is -0.101. The van der Waals surface area contributed by atoms with Gasteiger partial charge in [0.15, 0.2) is 0 Å². The number of thioether (sulfide) groups is 1. The Morgan fingerprint density at radius 3 is 2.62 bits per heavy atom. The monoisotopic (exact) mass is 263 g/mol. The second kappa shape index (κ2) is 5.23. The predicted octanol–water partition coefficient (Wildman–Crippen LogP) is 0.370. The summed E-state index contributed by atoms with van der Waals surface area (Å²) in [6.07, 6.45) is 1.12. The Bertz CT molecular complexity index is 471. The zero-order chi connectivity index (χ0) is 12.2. The average Bonchev–Trinajstić information content (AvgIpc) is 2.16. The molecule has 0 unspecified atom stereocenters. The third-order valence-corrected chi connectivity index (χ3v) is 3.53. The van der Waals surface area contributed by atoms with E-state index in [2.05, 4.69) is 4.98 Å². The maximum absolute atomic E-state index is 10.6. The Hall–Kier alpha value is -1.19. The fourth-order valence-electron chi connectivity index (χ4n) is 0.828. The van der Waals surface area contributed by atoms with Gasteiger partial charge in [0.1, 0.15) is 6.20 Å². The number of primary sulfonamides is 1. The first-order valence-electron chi connectivity index (χ1n) is 4.12. The van der Waals surface area contributed by atoms with E-state index in [1.807, 2.05) is 0 Å². The smallest absolute Gasteiger partial charge is 0.258 e. The Labute approximate surface area is 96.3 Å². The van der Waals surface area contributed by atoms with Gasteiger partial charge in [0.2, 0.25) is 10.0 Å². The van der Waals surface area contributed by atoms with Gasteiger partial charge in [0.25, 0.3) is 5.69 Å². The first kappa shape index (κ1) is 12.9. The Morgan fingerprint density at radius 1 is 1.50 bits per heavy atom. The normalized spacial score (nSPS) is 11.3. The molecule has 1 heterocycles. The molecule has 9 heteroatoms. The van der Waals surface area contributed by atoms with Crippen molar-refractivity contribution in [2.24, 2.45) is 5.14 Å². The number of sulfonamides is 1. The number of pyridine rings is 1. The van der Waals surface area contributed by atoms with E-state index in [0.717, 1.165) is 6.20 Å². The zero-order valence-corrected chi connectivity index (χ0v) is 9.70. The first-order chi connectivity index (χ1) is 7.38. The van der Waals surface area contributed by atoms with Gasteiger partial charge in [-0.25, -0.2) is 18.5 Å². The van der Waals surface area contributed by atoms with Crippen LogP contribution in [0.5, 0.6) is 0 Å². The van der Waals surface area contributed by atoms with Crippen molar-refractivity contribution in [2.45, 2.75) is 5.03 Å². The molecule has 0 atom stereocenters. The summed E-state index contributed by atoms with van der Waals surface area (Å²) in [7, 11) is -3.47. The lowest BCUT2D eigenvalue weighted by Crippen LogP contribution is -2.17. The van der Waals surface area contributed by atoms with Crippen LogP contribution in [0.2, 0.25) is 0 Å². The van der Waals surface area contributed by atoms with Crippen LogP contribution in [0, 0.1) is 10.1 Å². The van der Waals surface area contributed by atoms with Crippen molar-refractivity contribution < 1.29 is 13.3 Å². The number of nitrogens with two attached hydrogens (primary N) is 1. The molecule has 0 aliphatic rings. The largest absolute Gasteiger partial charge is 0.287 e. The highest BCUT2D eigenvalue weighted by molar-refractivity contribution is 8.00. The molecule has 0 radical (unpaired) electrons. The third-order valence-electron chi connectivity index (χ3n) is 1.55. The SMILES string of the molecule is NS(=O)(=O)CCSc1ccc([N+](=O)[O-])cn1. The summed E-state index contributed by atoms with van der Waals surface area (Å²) >= 11 is 1.17. The molecule has 0 amide bonds. The van der Waals surface area contributed by atoms with E-state index in [-0.39, 0.29) is 17.2 Å². The number of hydrogen-bond acceptors (Lipinski definition) is 6. The molecule has 1 rings (SSSR count). The second-order valence-electron chi connectivity index (χ2n) is 2.83. The first-order valence-corrected chi connectivity index (χ1v) is 6.82. The Balaban J connectivity index is 2.53. The molecule has 0 aliphatic heterocycles. The highest BCUT2D eigenvalue weighted by Gasteiger charge is 2.07. The van der Waals surface area contributed by atoms with E-state index in [0.29, 0.717) is 5.03 Å². The van der Waals surface area contributed by atoms with Crippen molar-refractivity contribution >= 4 is 27.5 Å². The fourth-order valence-corrected chi connectivity index (χ4v) is 2.59. The lowest BCUT2D eigenvalue weighted by Gasteiger charge is -1.99. The van der Waals surface area contributed by atoms with Gasteiger partial charge in [-0.2, -0.15) is 0 Å². The average molecular weight is 263 g/mol. The second-order valence-corrected chi connectivity index (χ2v) is 5.68. The molecule has 0 saturated heterocycles. The van der Waals surface area contributed by atoms with Gasteiger partial charge in [-0.1, -0.05) is 0 Å². The van der Waals surface area contributed by atoms with Gasteiger partial charge >= 0.3 is 0 Å². The molecule has 0 bridgehead atoms. The molecule has 1 aromatic rings. The van der Waals surface area contributed by atoms with Crippen LogP contribution in [-0.2, 0) is 10.0 Å². The lowest BCUT2D eigenvalue weighted by molar-refractivity contribution is -0.385. The molecule has 1 aromatic heterocycles. The van der Waals surface area contributed by atoms with E-state index < -0.39 is 14.9 Å². The molecule has 7 nitrogen and oxygen atoms in total. The minimum Gasteiger partial charge on any atom is -0.258 e. The van der Waals surface area contributed by atoms with Crippen molar-refractivity contribution in [3.05, 3.63) is 28.4 Å². The highest BCUT2D eigenvalue weighted by Crippen LogP contribution is 2.17. The molecule has 0 saturated carbocycles. The van der Waals surface area contributed by atoms with Gasteiger partial charge in [-0.3, -0.25) is 10.1 Å². The van der Waals surface area contributed by atoms with Crippen molar-refractivity contribution in [1.82, 2.24) is 4.98 Å². The quantitative estimate of drug-likeness (QED) is 0.466. The lowest BCUT2D eigenvalue weighted by atomic mass is 10.4. The van der Waals surface area contributed by atoms with Crippen molar-refractivity contribution in [3.63, 3.8) is 0 Å². The van der Waals surface area contributed by atoms with Crippen molar-refractivity contribution in [1.29, 1.82) is 0 Å². The van der Waals surface area contributed by atoms with Crippen LogP contribution in [0.15, 0.2) is 23.4 Å². The summed E-state index contributed by atoms with van der Waals surface area (Å²) < 4.78 is 21.2. The maximum atomic E-state index is 10.6. The minimum atomic E-state index is -3.47. The summed E-state index contributed by atoms with van der Waals surface area (Å²) in [5, 5.41) is 15.7. The van der Waals surface area contributed by atoms with Crippen LogP contribution >= 0.6 is 11.8 Å². The van der Waals surface area contributed by atoms with Gasteiger partial charge in [0.05, 0.1) is 15.7 Å². The van der Waals surface area contributed by atoms with E-state index in [4.69, 9.17) is 5.14 Å². The summed E-state index contributed by atoms with van der Waals surface area (Å²) in [6.45, 7) is 0. The summed E-state index contributed by atoms with van der Waals surface area (Å²) in [6, 6.07) is 2.78. The molecular formula is C7H9N3O4S2. The zero-order valence-electron chi connectivity index (χ0n) is 8.07. The van der Waals surface area contributed by atoms with Crippen LogP contribution in [0.4, 0.5) is 5.69 Å². The maximum Gasteiger partial charge on any atom is 0.287 e. The molecule has 16 heavy (non-hydrogen) atoms. The molecule has 88 valence electrons. The number of nitrogens with zero attached hydrogens (tertiary/aromatic N) is 2. The number of rotatable bonds is 5. The number of aromatic nitrogens is 1. The Kier molecular flexibility index (Phi) is 4.21. The summed E-state index contributed by atoms with van der Waals surface area (Å²) in [5.74, 6) is 0.111. The molecule has 2 N–H and O–H groups in total. The minimum absolute atomic E-state index is 0.101. The van der Waals surface area contributed by atoms with Gasteiger partial charge < -0.3 is 0 Å². The van der Waals surface area contributed by atoms with E-state index in [9.17, 15) is 18.5 Å². The van der Waals surface area contributed by atoms with Gasteiger partial charge in [-0.05, 0) is 6.07 Å². The van der Waals surface area contributed by atoms with Gasteiger partial charge in [-0.15, -0.1) is 11.8 Å². The van der Waals surface area contributed by atoms with Crippen LogP contribution in [0.1, 0.15) is 0 Å². The van der Waals surface area contributed by atoms with Crippen LogP contribution < -0.4 is 5.14 Å². The van der Waals surface area contributed by atoms with Crippen LogP contribution in [-0.4, -0.2) is 29.8 Å². The van der Waals surface area contributed by atoms with Crippen LogP contribution in [0.25, 0.3) is 0 Å². The highest BCUT2D eigenvalue weighted by atomic mass is 32.2. The van der Waals surface area contributed by atoms with E-state index in [1.54, 1.807) is 0 Å². The van der Waals surface area contributed by atoms with Crippen molar-refractivity contribution in [3.8, 4) is 0 Å². The fraction of sp³-hybridized carbons (Fsp3) is 0.286. The topological polar surface area (TPSA) is 116 Å². The molecular weight excluding hydrogens is 254 g/mol. The van der Waals surface area contributed by atoms with Crippen molar-refractivity contribution in [2.75, 3.05) is 11.5 Å². The molecule has 0 fully saturated rings. The Morgan fingerprint density at radius 2 is 2.19 bits per heavy atom. The van der Waals surface area contributed by atoms with Crippen LogP contribution in [0.3, 0.4) is 0 Å². The van der Waals surface area contributed by atoms with Gasteiger partial charge in [0, 0.05) is 11.8 Å². The molecule has 0 aliphatic carbocycles. The third kappa shape index (κ3) is 4.55. The standard InChI is InChI=1S/C7H9N3O4S2/c8-16(13,14)4-3-15-7-2-1-6(5-9-7)10(11)12/h1-2,5H,3-4H2,(H2,8,13,14). The summed E-state index contributed by atoms with van der Waals surface area (Å²) in [4.78, 5) is 13.6. The molecule has 0 spiro atoms. The molecule has 0 aromatic carbocycles. The van der Waals surface area contributed by atoms with E-state index in [1.165, 1.54) is 23.9 Å². The predicted molar refractivity (Wildman–Crippen MR) is 59.6 cm³/mol. The number of hydrogen-bond donors (Lipinski definition) is 1. The number of nitro groups is 1.